The minimum absolute atomic E-state index is 0.0223. The van der Waals surface area contributed by atoms with Crippen molar-refractivity contribution in [2.45, 2.75) is 6.92 Å². The molecule has 0 aliphatic rings. The average Bonchev–Trinajstić information content (AvgIpc) is 2.52. The van der Waals surface area contributed by atoms with Crippen molar-refractivity contribution < 1.29 is 10.0 Å². The van der Waals surface area contributed by atoms with Gasteiger partial charge in [-0.3, -0.25) is 10.1 Å². The van der Waals surface area contributed by atoms with Gasteiger partial charge in [-0.25, -0.2) is 0 Å². The van der Waals surface area contributed by atoms with Crippen molar-refractivity contribution in [1.29, 1.82) is 0 Å². The number of nitro groups is 1. The molecule has 0 bridgehead atoms. The van der Waals surface area contributed by atoms with E-state index in [-0.39, 0.29) is 12.3 Å². The lowest BCUT2D eigenvalue weighted by Gasteiger charge is -2.08. The Labute approximate surface area is 127 Å². The number of hydrogen-bond acceptors (Lipinski definition) is 6. The number of non-ortho nitro benzene ring substituents is 1. The lowest BCUT2D eigenvalue weighted by atomic mass is 10.2. The van der Waals surface area contributed by atoms with Gasteiger partial charge in [-0.05, 0) is 42.8 Å². The zero-order valence-electron chi connectivity index (χ0n) is 12.1. The van der Waals surface area contributed by atoms with Crippen LogP contribution in [-0.4, -0.2) is 23.2 Å². The fourth-order valence-corrected chi connectivity index (χ4v) is 1.86. The Morgan fingerprint density at radius 1 is 1.14 bits per heavy atom. The fraction of sp³-hybridized carbons (Fsp3) is 0.200. The second-order valence-electron chi connectivity index (χ2n) is 4.62. The predicted octanol–water partition coefficient (Wildman–Crippen LogP) is 3.72. The first kappa shape index (κ1) is 15.6. The molecule has 0 fully saturated rings. The van der Waals surface area contributed by atoms with Crippen LogP contribution in [0.2, 0.25) is 0 Å². The van der Waals surface area contributed by atoms with Crippen molar-refractivity contribution in [2.24, 2.45) is 10.2 Å². The minimum atomic E-state index is -0.456. The van der Waals surface area contributed by atoms with E-state index in [1.807, 2.05) is 25.1 Å². The summed E-state index contributed by atoms with van der Waals surface area (Å²) in [4.78, 5) is 10.1. The number of azo groups is 1. The van der Waals surface area contributed by atoms with Crippen LogP contribution in [0.3, 0.4) is 0 Å². The van der Waals surface area contributed by atoms with Crippen LogP contribution in [-0.2, 0) is 0 Å². The third kappa shape index (κ3) is 4.10. The Hall–Kier alpha value is -2.80. The van der Waals surface area contributed by atoms with Gasteiger partial charge in [0.1, 0.15) is 0 Å². The molecule has 22 heavy (non-hydrogen) atoms. The number of aryl methyl sites for hydroxylation is 1. The standard InChI is InChI=1S/C15H16N4O3/c1-11-10-13(4-7-15(11)16-8-9-20)18-17-12-2-5-14(6-3-12)19(21)22/h2-7,10,16,20H,8-9H2,1H3. The predicted molar refractivity (Wildman–Crippen MR) is 84.0 cm³/mol. The maximum absolute atomic E-state index is 10.6. The van der Waals surface area contributed by atoms with Gasteiger partial charge in [0.15, 0.2) is 0 Å². The summed E-state index contributed by atoms with van der Waals surface area (Å²) in [6.45, 7) is 2.50. The van der Waals surface area contributed by atoms with E-state index in [9.17, 15) is 10.1 Å². The van der Waals surface area contributed by atoms with Crippen molar-refractivity contribution in [3.63, 3.8) is 0 Å². The van der Waals surface area contributed by atoms with Gasteiger partial charge in [-0.15, -0.1) is 0 Å². The molecule has 0 spiro atoms. The Bertz CT molecular complexity index is 684. The summed E-state index contributed by atoms with van der Waals surface area (Å²) >= 11 is 0. The molecule has 0 radical (unpaired) electrons. The average molecular weight is 300 g/mol. The van der Waals surface area contributed by atoms with E-state index in [1.165, 1.54) is 12.1 Å². The van der Waals surface area contributed by atoms with Crippen LogP contribution < -0.4 is 5.32 Å². The Morgan fingerprint density at radius 2 is 1.77 bits per heavy atom. The first-order valence-corrected chi connectivity index (χ1v) is 6.72. The van der Waals surface area contributed by atoms with Crippen molar-refractivity contribution in [2.75, 3.05) is 18.5 Å². The molecule has 0 aliphatic heterocycles. The van der Waals surface area contributed by atoms with Crippen LogP contribution in [0.25, 0.3) is 0 Å². The zero-order chi connectivity index (χ0) is 15.9. The van der Waals surface area contributed by atoms with Gasteiger partial charge in [0.2, 0.25) is 0 Å². The molecule has 0 amide bonds. The number of anilines is 1. The Balaban J connectivity index is 2.09. The van der Waals surface area contributed by atoms with E-state index in [2.05, 4.69) is 15.5 Å². The number of nitro benzene ring substituents is 1. The highest BCUT2D eigenvalue weighted by Gasteiger charge is 2.03. The molecule has 7 nitrogen and oxygen atoms in total. The van der Waals surface area contributed by atoms with Gasteiger partial charge in [0.05, 0.1) is 22.9 Å². The molecule has 0 heterocycles. The molecule has 7 heteroatoms. The van der Waals surface area contributed by atoms with E-state index in [4.69, 9.17) is 5.11 Å². The Kier molecular flexibility index (Phi) is 5.16. The van der Waals surface area contributed by atoms with Gasteiger partial charge in [-0.2, -0.15) is 10.2 Å². The van der Waals surface area contributed by atoms with Crippen LogP contribution in [0.4, 0.5) is 22.7 Å². The summed E-state index contributed by atoms with van der Waals surface area (Å²) in [7, 11) is 0. The molecule has 0 aliphatic carbocycles. The van der Waals surface area contributed by atoms with E-state index in [1.54, 1.807) is 12.1 Å². The first-order valence-electron chi connectivity index (χ1n) is 6.72. The fourth-order valence-electron chi connectivity index (χ4n) is 1.86. The van der Waals surface area contributed by atoms with Crippen molar-refractivity contribution in [3.8, 4) is 0 Å². The summed E-state index contributed by atoms with van der Waals surface area (Å²) < 4.78 is 0. The number of nitrogens with one attached hydrogen (secondary N) is 1. The number of hydrogen-bond donors (Lipinski definition) is 2. The lowest BCUT2D eigenvalue weighted by Crippen LogP contribution is -2.06. The van der Waals surface area contributed by atoms with Crippen LogP contribution in [0.1, 0.15) is 5.56 Å². The molecule has 0 saturated heterocycles. The number of nitrogens with zero attached hydrogens (tertiary/aromatic N) is 3. The summed E-state index contributed by atoms with van der Waals surface area (Å²) in [5.74, 6) is 0. The highest BCUT2D eigenvalue weighted by molar-refractivity contribution is 5.57. The highest BCUT2D eigenvalue weighted by Crippen LogP contribution is 2.24. The monoisotopic (exact) mass is 300 g/mol. The van der Waals surface area contributed by atoms with E-state index in [0.717, 1.165) is 11.3 Å². The summed E-state index contributed by atoms with van der Waals surface area (Å²) in [5.41, 5.74) is 3.18. The topological polar surface area (TPSA) is 100 Å². The second kappa shape index (κ2) is 7.28. The first-order chi connectivity index (χ1) is 10.6. The quantitative estimate of drug-likeness (QED) is 0.482. The van der Waals surface area contributed by atoms with Crippen LogP contribution >= 0.6 is 0 Å². The molecule has 2 N–H and O–H groups in total. The molecular weight excluding hydrogens is 284 g/mol. The van der Waals surface area contributed by atoms with Gasteiger partial charge in [0, 0.05) is 24.4 Å². The second-order valence-corrected chi connectivity index (χ2v) is 4.62. The van der Waals surface area contributed by atoms with Crippen molar-refractivity contribution >= 4 is 22.7 Å². The number of benzene rings is 2. The summed E-state index contributed by atoms with van der Waals surface area (Å²) in [6.07, 6.45) is 0. The number of aliphatic hydroxyl groups excluding tert-OH is 1. The van der Waals surface area contributed by atoms with Gasteiger partial charge >= 0.3 is 0 Å². The van der Waals surface area contributed by atoms with Crippen molar-refractivity contribution in [3.05, 3.63) is 58.1 Å². The van der Waals surface area contributed by atoms with E-state index in [0.29, 0.717) is 17.9 Å². The summed E-state index contributed by atoms with van der Waals surface area (Å²) in [5, 5.41) is 30.6. The maximum atomic E-state index is 10.6. The molecule has 2 aromatic carbocycles. The molecule has 2 rings (SSSR count). The number of rotatable bonds is 6. The molecule has 0 saturated carbocycles. The lowest BCUT2D eigenvalue weighted by molar-refractivity contribution is -0.384. The van der Waals surface area contributed by atoms with Crippen LogP contribution in [0.5, 0.6) is 0 Å². The largest absolute Gasteiger partial charge is 0.395 e. The normalized spacial score (nSPS) is 10.8. The maximum Gasteiger partial charge on any atom is 0.269 e. The Morgan fingerprint density at radius 3 is 2.36 bits per heavy atom. The summed E-state index contributed by atoms with van der Waals surface area (Å²) in [6, 6.07) is 11.4. The van der Waals surface area contributed by atoms with Crippen LogP contribution in [0.15, 0.2) is 52.7 Å². The minimum Gasteiger partial charge on any atom is -0.395 e. The highest BCUT2D eigenvalue weighted by atomic mass is 16.6. The third-order valence-electron chi connectivity index (χ3n) is 2.98. The molecule has 0 unspecified atom stereocenters. The van der Waals surface area contributed by atoms with Gasteiger partial charge < -0.3 is 10.4 Å². The molecule has 114 valence electrons. The van der Waals surface area contributed by atoms with E-state index < -0.39 is 4.92 Å². The van der Waals surface area contributed by atoms with Crippen LogP contribution in [0, 0.1) is 17.0 Å². The smallest absolute Gasteiger partial charge is 0.269 e. The third-order valence-corrected chi connectivity index (χ3v) is 2.98. The van der Waals surface area contributed by atoms with Gasteiger partial charge in [0.25, 0.3) is 5.69 Å². The molecular formula is C15H16N4O3. The molecule has 0 aromatic heterocycles. The molecule has 2 aromatic rings. The van der Waals surface area contributed by atoms with Crippen molar-refractivity contribution in [1.82, 2.24) is 0 Å². The molecule has 0 atom stereocenters. The van der Waals surface area contributed by atoms with E-state index >= 15 is 0 Å². The van der Waals surface area contributed by atoms with Gasteiger partial charge in [-0.1, -0.05) is 0 Å². The number of aliphatic hydroxyl groups is 1. The zero-order valence-corrected chi connectivity index (χ0v) is 12.1. The SMILES string of the molecule is Cc1cc(N=Nc2ccc([N+](=O)[O-])cc2)ccc1NCCO.